The quantitative estimate of drug-likeness (QED) is 0.469. The first-order valence-corrected chi connectivity index (χ1v) is 7.73. The molecule has 1 aliphatic rings. The lowest BCUT2D eigenvalue weighted by molar-refractivity contribution is -0.148. The van der Waals surface area contributed by atoms with Crippen molar-refractivity contribution in [2.24, 2.45) is 5.41 Å². The molecule has 1 amide bonds. The minimum atomic E-state index is -1.47. The van der Waals surface area contributed by atoms with Crippen LogP contribution < -0.4 is 5.32 Å². The molecule has 0 aromatic heterocycles. The van der Waals surface area contributed by atoms with Crippen LogP contribution in [0, 0.1) is 5.41 Å². The maximum atomic E-state index is 12.5. The van der Waals surface area contributed by atoms with Gasteiger partial charge < -0.3 is 20.3 Å². The molecule has 3 atom stereocenters. The van der Waals surface area contributed by atoms with Crippen LogP contribution in [-0.4, -0.2) is 53.9 Å². The van der Waals surface area contributed by atoms with Gasteiger partial charge in [-0.1, -0.05) is 13.0 Å². The molecule has 1 unspecified atom stereocenters. The summed E-state index contributed by atoms with van der Waals surface area (Å²) in [6.07, 6.45) is 4.36. The van der Waals surface area contributed by atoms with Gasteiger partial charge in [0.25, 0.3) is 0 Å². The van der Waals surface area contributed by atoms with Crippen LogP contribution in [0.25, 0.3) is 0 Å². The summed E-state index contributed by atoms with van der Waals surface area (Å²) in [5, 5.41) is 20.1. The topological polar surface area (TPSA) is 130 Å². The molecule has 0 fully saturated rings. The predicted molar refractivity (Wildman–Crippen MR) is 86.3 cm³/mol. The highest BCUT2D eigenvalue weighted by Gasteiger charge is 2.36. The van der Waals surface area contributed by atoms with E-state index in [9.17, 15) is 19.2 Å². The Balaban J connectivity index is 2.79. The highest BCUT2D eigenvalue weighted by molar-refractivity contribution is 6.55. The fourth-order valence-electron chi connectivity index (χ4n) is 2.58. The Morgan fingerprint density at radius 3 is 2.54 bits per heavy atom. The van der Waals surface area contributed by atoms with Crippen LogP contribution in [0.5, 0.6) is 0 Å². The van der Waals surface area contributed by atoms with Crippen LogP contribution in [0.4, 0.5) is 4.79 Å². The number of hydrogen-bond acceptors (Lipinski definition) is 5. The molecule has 0 spiro atoms. The number of carbonyl (C=O) groups excluding carboxylic acids is 2. The Hall–Kier alpha value is -2.32. The van der Waals surface area contributed by atoms with Crippen molar-refractivity contribution in [2.75, 3.05) is 0 Å². The van der Waals surface area contributed by atoms with Gasteiger partial charge in [0, 0.05) is 5.41 Å². The zero-order valence-corrected chi connectivity index (χ0v) is 13.8. The molecule has 3 N–H and O–H groups in total. The second-order valence-electron chi connectivity index (χ2n) is 6.18. The van der Waals surface area contributed by atoms with Crippen molar-refractivity contribution in [1.29, 1.82) is 0 Å². The van der Waals surface area contributed by atoms with Gasteiger partial charge in [-0.25, -0.2) is 4.79 Å². The molecule has 0 saturated heterocycles. The second kappa shape index (κ2) is 8.51. The highest BCUT2D eigenvalue weighted by Crippen LogP contribution is 2.33. The number of nitrogens with one attached hydrogen (secondary N) is 1. The van der Waals surface area contributed by atoms with Gasteiger partial charge in [-0.05, 0) is 31.8 Å². The minimum absolute atomic E-state index is 0.389. The molecule has 0 aliphatic heterocycles. The van der Waals surface area contributed by atoms with E-state index in [0.29, 0.717) is 25.7 Å². The van der Waals surface area contributed by atoms with Gasteiger partial charge in [0.05, 0.1) is 6.42 Å². The molecule has 24 heavy (non-hydrogen) atoms. The molecule has 0 radical (unpaired) electrons. The van der Waals surface area contributed by atoms with E-state index in [-0.39, 0.29) is 0 Å². The van der Waals surface area contributed by atoms with Crippen molar-refractivity contribution in [1.82, 2.24) is 5.32 Å². The number of ether oxygens (including phenoxy) is 1. The average Bonchev–Trinajstić information content (AvgIpc) is 2.45. The summed E-state index contributed by atoms with van der Waals surface area (Å²) in [7, 11) is 1.31. The lowest BCUT2D eigenvalue weighted by Gasteiger charge is -2.31. The molecule has 0 saturated carbocycles. The lowest BCUT2D eigenvalue weighted by Crippen LogP contribution is -2.48. The van der Waals surface area contributed by atoms with Gasteiger partial charge in [-0.15, -0.1) is 0 Å². The van der Waals surface area contributed by atoms with Crippen molar-refractivity contribution in [3.05, 3.63) is 12.2 Å². The molecule has 1 aliphatic carbocycles. The smallest absolute Gasteiger partial charge is 0.326 e. The third-order valence-corrected chi connectivity index (χ3v) is 4.04. The van der Waals surface area contributed by atoms with E-state index >= 15 is 0 Å². The van der Waals surface area contributed by atoms with E-state index in [0.717, 1.165) is 0 Å². The maximum absolute atomic E-state index is 12.5. The summed E-state index contributed by atoms with van der Waals surface area (Å²) < 4.78 is 5.14. The molecule has 8 nitrogen and oxygen atoms in total. The third kappa shape index (κ3) is 6.06. The van der Waals surface area contributed by atoms with E-state index in [1.54, 1.807) is 13.0 Å². The Morgan fingerprint density at radius 2 is 2.00 bits per heavy atom. The first kappa shape index (κ1) is 19.7. The van der Waals surface area contributed by atoms with Crippen LogP contribution in [0.2, 0.25) is 0 Å². The molecular formula is C15H22BNO7. The van der Waals surface area contributed by atoms with Gasteiger partial charge in [0.1, 0.15) is 12.1 Å². The van der Waals surface area contributed by atoms with E-state index in [2.05, 4.69) is 5.32 Å². The molecule has 132 valence electrons. The standard InChI is InChI=1S/C15H22BNO7/c1-15(13(22)17-10(12(20)21)8-11(18)19)6-3-2-4-9(5-7-15)24-14(16)23/h2,4,9-10H,3,5-8,16H2,1H3,(H,17,22)(H,18,19)(H,20,21)/b4-2+/t9-,10?,15+/m1/s1. The summed E-state index contributed by atoms with van der Waals surface area (Å²) >= 11 is 0. The minimum Gasteiger partial charge on any atom is -0.481 e. The van der Waals surface area contributed by atoms with Crippen LogP contribution in [0.15, 0.2) is 12.2 Å². The monoisotopic (exact) mass is 339 g/mol. The predicted octanol–water partition coefficient (Wildman–Crippen LogP) is 0.305. The van der Waals surface area contributed by atoms with E-state index in [1.807, 2.05) is 6.08 Å². The number of carbonyl (C=O) groups is 4. The molecule has 0 heterocycles. The van der Waals surface area contributed by atoms with E-state index in [1.165, 1.54) is 7.85 Å². The number of rotatable bonds is 6. The van der Waals surface area contributed by atoms with Crippen molar-refractivity contribution in [3.63, 3.8) is 0 Å². The Morgan fingerprint density at radius 1 is 1.33 bits per heavy atom. The summed E-state index contributed by atoms with van der Waals surface area (Å²) in [6, 6.07) is -1.47. The van der Waals surface area contributed by atoms with Crippen LogP contribution >= 0.6 is 0 Å². The van der Waals surface area contributed by atoms with E-state index < -0.39 is 47.7 Å². The molecule has 0 bridgehead atoms. The largest absolute Gasteiger partial charge is 0.481 e. The number of amides is 1. The highest BCUT2D eigenvalue weighted by atomic mass is 16.5. The first-order valence-electron chi connectivity index (χ1n) is 7.73. The molecule has 9 heteroatoms. The van der Waals surface area contributed by atoms with Crippen molar-refractivity contribution in [2.45, 2.75) is 51.2 Å². The fraction of sp³-hybridized carbons (Fsp3) is 0.600. The Labute approximate surface area is 140 Å². The van der Waals surface area contributed by atoms with Gasteiger partial charge in [-0.2, -0.15) is 0 Å². The summed E-state index contributed by atoms with van der Waals surface area (Å²) in [6.45, 7) is 1.70. The number of carboxylic acids is 2. The number of carboxylic acid groups (broad SMARTS) is 2. The van der Waals surface area contributed by atoms with Crippen molar-refractivity contribution >= 4 is 31.6 Å². The molecule has 0 aromatic rings. The van der Waals surface area contributed by atoms with Gasteiger partial charge >= 0.3 is 11.9 Å². The first-order chi connectivity index (χ1) is 11.1. The Kier molecular flexibility index (Phi) is 7.00. The molecule has 1 rings (SSSR count). The second-order valence-corrected chi connectivity index (χ2v) is 6.18. The van der Waals surface area contributed by atoms with Crippen molar-refractivity contribution < 1.29 is 34.1 Å². The van der Waals surface area contributed by atoms with E-state index in [4.69, 9.17) is 14.9 Å². The zero-order valence-electron chi connectivity index (χ0n) is 13.8. The number of allylic oxidation sites excluding steroid dienone is 1. The summed E-state index contributed by atoms with van der Waals surface area (Å²) in [5.74, 6) is -3.61. The Bertz CT molecular complexity index is 548. The molecule has 0 aromatic carbocycles. The normalized spacial score (nSPS) is 26.3. The third-order valence-electron chi connectivity index (χ3n) is 4.04. The van der Waals surface area contributed by atoms with Crippen molar-refractivity contribution in [3.8, 4) is 0 Å². The summed E-state index contributed by atoms with van der Waals surface area (Å²) in [5.41, 5.74) is -0.866. The fourth-order valence-corrected chi connectivity index (χ4v) is 2.58. The van der Waals surface area contributed by atoms with Crippen LogP contribution in [0.3, 0.4) is 0 Å². The zero-order chi connectivity index (χ0) is 18.3. The van der Waals surface area contributed by atoms with Gasteiger partial charge in [0.2, 0.25) is 19.6 Å². The van der Waals surface area contributed by atoms with Crippen LogP contribution in [0.1, 0.15) is 39.0 Å². The average molecular weight is 339 g/mol. The number of aliphatic carboxylic acids is 2. The lowest BCUT2D eigenvalue weighted by atomic mass is 9.77. The molecular weight excluding hydrogens is 317 g/mol. The SMILES string of the molecule is BC(=O)O[C@@H]1/C=C/CC[C@](C)(C(=O)NC(CC(=O)O)C(=O)O)CC1. The number of hydrogen-bond donors (Lipinski definition) is 3. The summed E-state index contributed by atoms with van der Waals surface area (Å²) in [4.78, 5) is 45.4. The van der Waals surface area contributed by atoms with Crippen LogP contribution in [-0.2, 0) is 19.1 Å². The maximum Gasteiger partial charge on any atom is 0.326 e. The van der Waals surface area contributed by atoms with Gasteiger partial charge in [0.15, 0.2) is 0 Å². The van der Waals surface area contributed by atoms with Gasteiger partial charge in [-0.3, -0.25) is 14.4 Å².